The third-order valence-corrected chi connectivity index (χ3v) is 3.06. The Kier molecular flexibility index (Phi) is 5.16. The molecule has 0 unspecified atom stereocenters. The fourth-order valence-corrected chi connectivity index (χ4v) is 2.06. The molecule has 6 heteroatoms. The molecule has 2 rings (SSSR count). The predicted octanol–water partition coefficient (Wildman–Crippen LogP) is 1.21. The fraction of sp³-hybridized carbons (Fsp3) is 0.467. The first-order chi connectivity index (χ1) is 10.1. The van der Waals surface area contributed by atoms with Gasteiger partial charge in [-0.3, -0.25) is 4.79 Å². The molecule has 1 heterocycles. The minimum absolute atomic E-state index is 0.0166. The number of hydrogen-bond acceptors (Lipinski definition) is 4. The molecule has 0 bridgehead atoms. The quantitative estimate of drug-likeness (QED) is 0.716. The van der Waals surface area contributed by atoms with Gasteiger partial charge >= 0.3 is 0 Å². The van der Waals surface area contributed by atoms with Crippen molar-refractivity contribution >= 4 is 22.9 Å². The number of nitrogens with one attached hydrogen (secondary N) is 2. The minimum atomic E-state index is -0.0427. The van der Waals surface area contributed by atoms with E-state index in [0.29, 0.717) is 25.0 Å². The Labute approximate surface area is 124 Å². The van der Waals surface area contributed by atoms with Gasteiger partial charge in [-0.25, -0.2) is 4.98 Å². The number of carbonyl (C=O) groups is 1. The van der Waals surface area contributed by atoms with Gasteiger partial charge in [-0.1, -0.05) is 26.0 Å². The first-order valence-electron chi connectivity index (χ1n) is 7.18. The molecule has 114 valence electrons. The standard InChI is InChI=1S/C15H22N4O2/c1-11(2)9-17-14(21)10-19-13-6-4-3-5-12(13)18-15(19)16-7-8-20/h3-6,11,20H,7-10H2,1-2H3,(H,16,18)(H,17,21). The maximum absolute atomic E-state index is 12.0. The van der Waals surface area contributed by atoms with Crippen LogP contribution < -0.4 is 10.6 Å². The molecule has 0 saturated carbocycles. The second-order valence-electron chi connectivity index (χ2n) is 5.36. The SMILES string of the molecule is CC(C)CNC(=O)Cn1c(NCCO)nc2ccccc21. The third-order valence-electron chi connectivity index (χ3n) is 3.06. The normalized spacial score (nSPS) is 11.0. The Morgan fingerprint density at radius 2 is 2.14 bits per heavy atom. The van der Waals surface area contributed by atoms with E-state index in [9.17, 15) is 4.79 Å². The van der Waals surface area contributed by atoms with Crippen LogP contribution in [0, 0.1) is 5.92 Å². The van der Waals surface area contributed by atoms with Crippen LogP contribution in [0.1, 0.15) is 13.8 Å². The van der Waals surface area contributed by atoms with Crippen LogP contribution in [0.15, 0.2) is 24.3 Å². The number of carbonyl (C=O) groups excluding carboxylic acids is 1. The van der Waals surface area contributed by atoms with Crippen molar-refractivity contribution in [2.24, 2.45) is 5.92 Å². The van der Waals surface area contributed by atoms with E-state index < -0.39 is 0 Å². The summed E-state index contributed by atoms with van der Waals surface area (Å²) >= 11 is 0. The lowest BCUT2D eigenvalue weighted by molar-refractivity contribution is -0.121. The molecule has 2 aromatic rings. The van der Waals surface area contributed by atoms with Crippen LogP contribution >= 0.6 is 0 Å². The second-order valence-corrected chi connectivity index (χ2v) is 5.36. The molecule has 1 aromatic carbocycles. The summed E-state index contributed by atoms with van der Waals surface area (Å²) in [5.74, 6) is 0.976. The van der Waals surface area contributed by atoms with Crippen LogP contribution in [0.2, 0.25) is 0 Å². The molecular formula is C15H22N4O2. The number of hydrogen-bond donors (Lipinski definition) is 3. The highest BCUT2D eigenvalue weighted by atomic mass is 16.3. The van der Waals surface area contributed by atoms with Crippen molar-refractivity contribution in [2.75, 3.05) is 25.0 Å². The van der Waals surface area contributed by atoms with E-state index >= 15 is 0 Å². The number of imidazole rings is 1. The van der Waals surface area contributed by atoms with Gasteiger partial charge in [-0.05, 0) is 18.1 Å². The van der Waals surface area contributed by atoms with Crippen molar-refractivity contribution in [3.8, 4) is 0 Å². The summed E-state index contributed by atoms with van der Waals surface area (Å²) in [5.41, 5.74) is 1.73. The lowest BCUT2D eigenvalue weighted by Gasteiger charge is -2.11. The Hall–Kier alpha value is -2.08. The van der Waals surface area contributed by atoms with Crippen LogP contribution in [0.4, 0.5) is 5.95 Å². The van der Waals surface area contributed by atoms with E-state index in [2.05, 4.69) is 29.5 Å². The first kappa shape index (κ1) is 15.3. The van der Waals surface area contributed by atoms with E-state index in [1.807, 2.05) is 28.8 Å². The maximum Gasteiger partial charge on any atom is 0.240 e. The topological polar surface area (TPSA) is 79.2 Å². The predicted molar refractivity (Wildman–Crippen MR) is 83.2 cm³/mol. The van der Waals surface area contributed by atoms with Crippen molar-refractivity contribution in [3.63, 3.8) is 0 Å². The van der Waals surface area contributed by atoms with E-state index in [1.54, 1.807) is 0 Å². The second kappa shape index (κ2) is 7.08. The highest BCUT2D eigenvalue weighted by Gasteiger charge is 2.13. The third kappa shape index (κ3) is 3.95. The number of nitrogens with zero attached hydrogens (tertiary/aromatic N) is 2. The number of aromatic nitrogens is 2. The van der Waals surface area contributed by atoms with Gasteiger partial charge in [0.05, 0.1) is 17.6 Å². The van der Waals surface area contributed by atoms with Gasteiger partial charge in [0.2, 0.25) is 11.9 Å². The summed E-state index contributed by atoms with van der Waals surface area (Å²) in [6, 6.07) is 7.67. The van der Waals surface area contributed by atoms with Gasteiger partial charge in [0.25, 0.3) is 0 Å². The molecule has 3 N–H and O–H groups in total. The van der Waals surface area contributed by atoms with Crippen LogP contribution in [0.25, 0.3) is 11.0 Å². The average molecular weight is 290 g/mol. The molecule has 0 radical (unpaired) electrons. The van der Waals surface area contributed by atoms with Gasteiger partial charge in [0.15, 0.2) is 0 Å². The Morgan fingerprint density at radius 3 is 2.86 bits per heavy atom. The van der Waals surface area contributed by atoms with Crippen molar-refractivity contribution in [2.45, 2.75) is 20.4 Å². The molecule has 0 aliphatic carbocycles. The minimum Gasteiger partial charge on any atom is -0.395 e. The summed E-state index contributed by atoms with van der Waals surface area (Å²) < 4.78 is 1.83. The molecule has 1 aromatic heterocycles. The summed E-state index contributed by atoms with van der Waals surface area (Å²) in [5, 5.41) is 14.9. The molecule has 21 heavy (non-hydrogen) atoms. The maximum atomic E-state index is 12.0. The highest BCUT2D eigenvalue weighted by Crippen LogP contribution is 2.19. The first-order valence-corrected chi connectivity index (χ1v) is 7.18. The van der Waals surface area contributed by atoms with Gasteiger partial charge in [-0.15, -0.1) is 0 Å². The number of amides is 1. The smallest absolute Gasteiger partial charge is 0.240 e. The van der Waals surface area contributed by atoms with Crippen molar-refractivity contribution in [1.82, 2.24) is 14.9 Å². The van der Waals surface area contributed by atoms with E-state index in [4.69, 9.17) is 5.11 Å². The molecule has 1 amide bonds. The van der Waals surface area contributed by atoms with E-state index in [0.717, 1.165) is 11.0 Å². The number of aliphatic hydroxyl groups is 1. The van der Waals surface area contributed by atoms with Crippen LogP contribution in [-0.2, 0) is 11.3 Å². The summed E-state index contributed by atoms with van der Waals surface area (Å²) in [6.07, 6.45) is 0. The number of anilines is 1. The summed E-state index contributed by atoms with van der Waals surface area (Å²) in [6.45, 7) is 5.40. The lowest BCUT2D eigenvalue weighted by Crippen LogP contribution is -2.31. The van der Waals surface area contributed by atoms with E-state index in [-0.39, 0.29) is 19.1 Å². The zero-order chi connectivity index (χ0) is 15.2. The number of aliphatic hydroxyl groups excluding tert-OH is 1. The van der Waals surface area contributed by atoms with Crippen LogP contribution in [-0.4, -0.2) is 40.3 Å². The molecule has 0 atom stereocenters. The molecule has 0 aliphatic heterocycles. The largest absolute Gasteiger partial charge is 0.395 e. The lowest BCUT2D eigenvalue weighted by atomic mass is 10.2. The van der Waals surface area contributed by atoms with Gasteiger partial charge in [0, 0.05) is 13.1 Å². The van der Waals surface area contributed by atoms with Crippen LogP contribution in [0.5, 0.6) is 0 Å². The van der Waals surface area contributed by atoms with Crippen molar-refractivity contribution in [3.05, 3.63) is 24.3 Å². The van der Waals surface area contributed by atoms with E-state index in [1.165, 1.54) is 0 Å². The molecule has 0 saturated heterocycles. The summed E-state index contributed by atoms with van der Waals surface area (Å²) in [4.78, 5) is 16.5. The van der Waals surface area contributed by atoms with Crippen molar-refractivity contribution in [1.29, 1.82) is 0 Å². The number of rotatable bonds is 7. The molecule has 0 spiro atoms. The average Bonchev–Trinajstić information content (AvgIpc) is 2.81. The number of fused-ring (bicyclic) bond motifs is 1. The fourth-order valence-electron chi connectivity index (χ4n) is 2.06. The van der Waals surface area contributed by atoms with Gasteiger partial charge in [0.1, 0.15) is 6.54 Å². The highest BCUT2D eigenvalue weighted by molar-refractivity contribution is 5.83. The molecule has 6 nitrogen and oxygen atoms in total. The number of benzene rings is 1. The Morgan fingerprint density at radius 1 is 1.38 bits per heavy atom. The summed E-state index contributed by atoms with van der Waals surface area (Å²) in [7, 11) is 0. The molecule has 0 fully saturated rings. The molecule has 0 aliphatic rings. The number of para-hydroxylation sites is 2. The van der Waals surface area contributed by atoms with Gasteiger partial charge < -0.3 is 20.3 Å². The zero-order valence-corrected chi connectivity index (χ0v) is 12.5. The zero-order valence-electron chi connectivity index (χ0n) is 12.5. The van der Waals surface area contributed by atoms with Crippen LogP contribution in [0.3, 0.4) is 0 Å². The monoisotopic (exact) mass is 290 g/mol. The Bertz CT molecular complexity index is 607. The Balaban J connectivity index is 2.21. The van der Waals surface area contributed by atoms with Gasteiger partial charge in [-0.2, -0.15) is 0 Å². The van der Waals surface area contributed by atoms with Crippen molar-refractivity contribution < 1.29 is 9.90 Å². The molecular weight excluding hydrogens is 268 g/mol.